The predicted octanol–water partition coefficient (Wildman–Crippen LogP) is 9.37. The number of carbonyl (C=O) groups excluding carboxylic acids is 12. The molecule has 10 heterocycles. The molecular formula is C103H140F3N27O13S. The van der Waals surface area contributed by atoms with Crippen LogP contribution in [0.15, 0.2) is 122 Å². The lowest BCUT2D eigenvalue weighted by Crippen LogP contribution is -2.57. The fraction of sp³-hybridized carbons (Fsp3) is 0.573. The molecule has 0 radical (unpaired) electrons. The number of rotatable bonds is 32. The van der Waals surface area contributed by atoms with Crippen LogP contribution < -0.4 is 68.5 Å². The molecule has 3 aromatic carbocycles. The van der Waals surface area contributed by atoms with Crippen LogP contribution in [0.2, 0.25) is 0 Å². The van der Waals surface area contributed by atoms with Crippen LogP contribution in [0.1, 0.15) is 219 Å². The molecule has 17 rings (SSSR count). The third kappa shape index (κ3) is 27.9. The highest BCUT2D eigenvalue weighted by Crippen LogP contribution is 2.40. The summed E-state index contributed by atoms with van der Waals surface area (Å²) in [6.45, 7) is 9.54. The zero-order valence-corrected chi connectivity index (χ0v) is 85.7. The van der Waals surface area contributed by atoms with Gasteiger partial charge in [-0.05, 0) is 247 Å². The van der Waals surface area contributed by atoms with Crippen LogP contribution in [0.25, 0.3) is 28.5 Å². The highest BCUT2D eigenvalue weighted by molar-refractivity contribution is 7.10. The highest BCUT2D eigenvalue weighted by atomic mass is 32.1. The zero-order valence-electron chi connectivity index (χ0n) is 84.9. The first-order valence-electron chi connectivity index (χ1n) is 52.0. The summed E-state index contributed by atoms with van der Waals surface area (Å²) < 4.78 is 53.7. The molecule has 12 N–H and O–H groups in total. The molecule has 8 fully saturated rings. The fourth-order valence-corrected chi connectivity index (χ4v) is 21.6. The molecule has 0 unspecified atom stereocenters. The van der Waals surface area contributed by atoms with Gasteiger partial charge in [0.05, 0.1) is 60.1 Å². The number of para-hydroxylation sites is 1. The van der Waals surface area contributed by atoms with Gasteiger partial charge in [0.15, 0.2) is 5.82 Å². The Morgan fingerprint density at radius 2 is 0.803 bits per heavy atom. The largest absolute Gasteiger partial charge is 0.493 e. The Labute approximate surface area is 857 Å². The minimum atomic E-state index is -4.52. The molecule has 5 aromatic heterocycles. The third-order valence-electron chi connectivity index (χ3n) is 29.9. The van der Waals surface area contributed by atoms with Crippen LogP contribution >= 0.6 is 11.5 Å². The molecule has 5 aliphatic heterocycles. The average molecular weight is 2050 g/mol. The monoisotopic (exact) mass is 2050 g/mol. The number of hydrogen-bond donors (Lipinski definition) is 12. The highest BCUT2D eigenvalue weighted by Gasteiger charge is 2.48. The molecule has 8 aromatic rings. The summed E-state index contributed by atoms with van der Waals surface area (Å²) in [7, 11) is 6.83. The third-order valence-corrected chi connectivity index (χ3v) is 30.5. The first-order valence-corrected chi connectivity index (χ1v) is 52.8. The predicted molar refractivity (Wildman–Crippen MR) is 545 cm³/mol. The number of carbonyl (C=O) groups is 12. The summed E-state index contributed by atoms with van der Waals surface area (Å²) in [5.41, 5.74) is 2.60. The van der Waals surface area contributed by atoms with Crippen molar-refractivity contribution >= 4 is 105 Å². The molecular weight excluding hydrogens is 1910 g/mol. The van der Waals surface area contributed by atoms with E-state index in [-0.39, 0.29) is 106 Å². The first-order chi connectivity index (χ1) is 71.0. The summed E-state index contributed by atoms with van der Waals surface area (Å²) >= 11 is 1.12. The minimum absolute atomic E-state index is 0.00842. The summed E-state index contributed by atoms with van der Waals surface area (Å²) in [5, 5.41) is 59.9. The maximum Gasteiger partial charge on any atom is 0.416 e. The van der Waals surface area contributed by atoms with E-state index in [4.69, 9.17) is 4.74 Å². The second kappa shape index (κ2) is 52.5. The van der Waals surface area contributed by atoms with E-state index in [1.54, 1.807) is 99.8 Å². The number of amides is 12. The van der Waals surface area contributed by atoms with Gasteiger partial charge in [-0.3, -0.25) is 62.9 Å². The SMILES string of the molecule is CN[C@@H](C)C(=O)N[C@H](C(=O)N1CCC[C@H]1C(=O)Nc1ccnn1-c1cccc(C(F)(F)F)c1)C1CCCCC1.CN[C@@H](C)C(=O)N[C@H](C(=O)N1CCC[C@H]1C(=O)Nc1ccnn1-c1ccccn1)C1CCCCC1.CN[C@@H](C)C(=O)N[C@H](C(=O)N1CCC[C@H]1C(=O)Nc1nnnn1-c1ccccc1)C1CCCCC1.CN[C@@H](C)C(=O)N[C@H](C(=O)N1CCC[C@H]1C(=O)Nc1snnc1-c1ccc2c(c1)OCC2)C1CCCCC1. The Morgan fingerprint density at radius 1 is 0.401 bits per heavy atom. The Kier molecular flexibility index (Phi) is 39.2. The van der Waals surface area contributed by atoms with E-state index in [1.807, 2.05) is 60.7 Å². The number of benzene rings is 3. The number of pyridine rings is 1. The number of hydrogen-bond acceptors (Lipinski definition) is 26. The number of ether oxygens (including phenoxy) is 1. The summed E-state index contributed by atoms with van der Waals surface area (Å²) in [6, 6.07) is 21.6. The summed E-state index contributed by atoms with van der Waals surface area (Å²) in [6.07, 6.45) is 25.7. The van der Waals surface area contributed by atoms with Crippen molar-refractivity contribution in [3.05, 3.63) is 133 Å². The van der Waals surface area contributed by atoms with Gasteiger partial charge < -0.3 is 82.8 Å². The molecule has 12 atom stereocenters. The van der Waals surface area contributed by atoms with Crippen LogP contribution in [0.5, 0.6) is 5.75 Å². The molecule has 4 saturated heterocycles. The summed E-state index contributed by atoms with van der Waals surface area (Å²) in [5.74, 6) is -0.434. The lowest BCUT2D eigenvalue weighted by atomic mass is 9.83. The number of fused-ring (bicyclic) bond motifs is 1. The van der Waals surface area contributed by atoms with Gasteiger partial charge in [0.1, 0.15) is 76.4 Å². The summed E-state index contributed by atoms with van der Waals surface area (Å²) in [4.78, 5) is 170. The van der Waals surface area contributed by atoms with Gasteiger partial charge in [-0.1, -0.05) is 129 Å². The topological polar surface area (TPSA) is 489 Å². The molecule has 12 amide bonds. The van der Waals surface area contributed by atoms with Gasteiger partial charge in [0.25, 0.3) is 5.95 Å². The molecule has 44 heteroatoms. The Bertz CT molecular complexity index is 5620. The van der Waals surface area contributed by atoms with Crippen molar-refractivity contribution < 1.29 is 75.4 Å². The van der Waals surface area contributed by atoms with Gasteiger partial charge in [0.2, 0.25) is 70.9 Å². The van der Waals surface area contributed by atoms with E-state index >= 15 is 0 Å². The van der Waals surface area contributed by atoms with Crippen LogP contribution in [0.3, 0.4) is 0 Å². The number of likely N-dealkylation sites (tertiary alicyclic amines) is 4. The Balaban J connectivity index is 0.000000155. The van der Waals surface area contributed by atoms with E-state index in [9.17, 15) is 70.7 Å². The van der Waals surface area contributed by atoms with Crippen molar-refractivity contribution in [2.75, 3.05) is 82.2 Å². The molecule has 792 valence electrons. The van der Waals surface area contributed by atoms with Gasteiger partial charge >= 0.3 is 6.18 Å². The van der Waals surface area contributed by atoms with E-state index < -0.39 is 90.1 Å². The quantitative estimate of drug-likeness (QED) is 0.0187. The standard InChI is InChI=1S/C27H35F3N6O3.C27H36N6O4S.C25H35N7O3.C24H34N8O3/c1-17(31-2)24(37)34-23(18-8-4-3-5-9-18)26(39)35-15-7-12-21(35)25(38)33-22-13-14-32-36(22)20-11-6-10-19(16-20)27(28,29)30;1-16(28-2)24(34)29-23(18-7-4-3-5-8-18)27(36)33-13-6-9-20(33)25(35)30-26-22(31-32-38-26)19-11-10-17-12-14-37-21(17)15-19;1-17(26-2)23(33)30-22(18-9-4-3-5-10-18)25(35)31-16-8-11-19(31)24(34)29-21-13-15-28-32(21)20-12-6-7-14-27-20;1-16(25-2)21(33)26-20(17-10-5-3-6-11-17)23(35)31-15-9-14-19(31)22(34)27-24-28-29-30-32(24)18-12-7-4-8-13-18/h6,10-11,13-14,16-18,21,23,31H,3-5,7-9,12,15H2,1-2H3,(H,33,38)(H,34,37);10-11,15-16,18,20,23,28H,3-9,12-14H2,1-2H3,(H,29,34)(H,30,35);6-7,12-15,17-19,22,26H,3-5,8-11,16H2,1-2H3,(H,29,34)(H,30,33);4,7-8,12-13,16-17,19-20,25H,3,5-6,9-11,14-15H2,1-2H3,(H,26,33)(H,27,28,30,34)/t17-,21-,23-;16-,20-,23-;17-,19-,22-;16-,19-,20-/m0000/s1. The molecule has 9 aliphatic rings. The van der Waals surface area contributed by atoms with Gasteiger partial charge in [-0.2, -0.15) is 32.7 Å². The van der Waals surface area contributed by atoms with Crippen LogP contribution in [0, 0.1) is 23.7 Å². The second-order valence-electron chi connectivity index (χ2n) is 39.4. The van der Waals surface area contributed by atoms with Crippen molar-refractivity contribution in [1.29, 1.82) is 0 Å². The van der Waals surface area contributed by atoms with Crippen LogP contribution in [-0.4, -0.2) is 278 Å². The Hall–Kier alpha value is -13.1. The first kappa shape index (κ1) is 110. The lowest BCUT2D eigenvalue weighted by Gasteiger charge is -2.35. The number of nitrogens with one attached hydrogen (secondary N) is 12. The Morgan fingerprint density at radius 3 is 1.22 bits per heavy atom. The number of alkyl halides is 3. The van der Waals surface area contributed by atoms with Gasteiger partial charge in [-0.25, -0.2) is 9.67 Å². The lowest BCUT2D eigenvalue weighted by molar-refractivity contribution is -0.142. The van der Waals surface area contributed by atoms with E-state index in [2.05, 4.69) is 104 Å². The van der Waals surface area contributed by atoms with Gasteiger partial charge in [-0.15, -0.1) is 5.10 Å². The van der Waals surface area contributed by atoms with E-state index in [1.165, 1.54) is 38.7 Å². The maximum absolute atomic E-state index is 13.9. The van der Waals surface area contributed by atoms with Crippen LogP contribution in [0.4, 0.5) is 35.8 Å². The van der Waals surface area contributed by atoms with E-state index in [0.29, 0.717) is 99.3 Å². The number of aromatic nitrogens is 11. The fourth-order valence-electron chi connectivity index (χ4n) is 21.0. The minimum Gasteiger partial charge on any atom is -0.493 e. The molecule has 0 spiro atoms. The molecule has 40 nitrogen and oxygen atoms in total. The maximum atomic E-state index is 13.9. The average Bonchev–Trinajstić information content (AvgIpc) is 1.69. The van der Waals surface area contributed by atoms with Crippen molar-refractivity contribution in [3.8, 4) is 34.2 Å². The number of halogens is 3. The molecule has 4 saturated carbocycles. The smallest absolute Gasteiger partial charge is 0.416 e. The van der Waals surface area contributed by atoms with Crippen LogP contribution in [-0.2, 0) is 70.1 Å². The second-order valence-corrected chi connectivity index (χ2v) is 40.2. The van der Waals surface area contributed by atoms with Crippen molar-refractivity contribution in [1.82, 2.24) is 116 Å². The molecule has 147 heavy (non-hydrogen) atoms. The van der Waals surface area contributed by atoms with Crippen molar-refractivity contribution in [3.63, 3.8) is 0 Å². The van der Waals surface area contributed by atoms with Gasteiger partial charge in [0, 0.05) is 68.0 Å². The van der Waals surface area contributed by atoms with Crippen molar-refractivity contribution in [2.45, 2.75) is 293 Å². The number of nitrogens with zero attached hydrogens (tertiary/aromatic N) is 15. The molecule has 4 aliphatic carbocycles. The normalized spacial score (nSPS) is 20.3. The zero-order chi connectivity index (χ0) is 104. The molecule has 0 bridgehead atoms. The number of anilines is 4. The van der Waals surface area contributed by atoms with Crippen molar-refractivity contribution in [2.24, 2.45) is 23.7 Å². The number of likely N-dealkylation sites (N-methyl/N-ethyl adjacent to an activating group) is 4. The van der Waals surface area contributed by atoms with E-state index in [0.717, 1.165) is 188 Å². The number of tetrazole rings is 1.